The monoisotopic (exact) mass is 562 g/mol. The highest BCUT2D eigenvalue weighted by Gasteiger charge is 2.07. The molecule has 0 bridgehead atoms. The van der Waals surface area contributed by atoms with Crippen molar-refractivity contribution in [3.05, 3.63) is 120 Å². The molecular weight excluding hydrogens is 520 g/mol. The molecule has 0 atom stereocenters. The lowest BCUT2D eigenvalue weighted by Gasteiger charge is -2.13. The molecule has 42 heavy (non-hydrogen) atoms. The number of fused-ring (bicyclic) bond motifs is 2. The summed E-state index contributed by atoms with van der Waals surface area (Å²) in [6.45, 7) is 4.95. The summed E-state index contributed by atoms with van der Waals surface area (Å²) in [6.07, 6.45) is 3.86. The molecule has 5 aromatic rings. The lowest BCUT2D eigenvalue weighted by atomic mass is 9.97. The van der Waals surface area contributed by atoms with Gasteiger partial charge in [0.2, 0.25) is 0 Å². The van der Waals surface area contributed by atoms with Crippen LogP contribution in [0.3, 0.4) is 0 Å². The van der Waals surface area contributed by atoms with Gasteiger partial charge < -0.3 is 25.2 Å². The van der Waals surface area contributed by atoms with E-state index < -0.39 is 0 Å². The molecule has 5 nitrogen and oxygen atoms in total. The summed E-state index contributed by atoms with van der Waals surface area (Å²) in [5.41, 5.74) is 3.82. The lowest BCUT2D eigenvalue weighted by Crippen LogP contribution is -2.14. The Labute approximate surface area is 249 Å². The highest BCUT2D eigenvalue weighted by Crippen LogP contribution is 2.28. The molecule has 0 saturated carbocycles. The predicted octanol–water partition coefficient (Wildman–Crippen LogP) is 7.38. The van der Waals surface area contributed by atoms with Crippen LogP contribution in [0.2, 0.25) is 0 Å². The third kappa shape index (κ3) is 8.56. The topological polar surface area (TPSA) is 62.8 Å². The number of rotatable bonds is 17. The maximum Gasteiger partial charge on any atom is 0.119 e. The third-order valence-corrected chi connectivity index (χ3v) is 7.53. The number of hydrogen-bond donors (Lipinski definition) is 3. The number of ether oxygens (including phenoxy) is 2. The first-order valence-electron chi connectivity index (χ1n) is 15.2. The second kappa shape index (κ2) is 15.9. The minimum atomic E-state index is 0.283. The predicted molar refractivity (Wildman–Crippen MR) is 173 cm³/mol. The van der Waals surface area contributed by atoms with Crippen LogP contribution >= 0.6 is 0 Å². The van der Waals surface area contributed by atoms with Crippen molar-refractivity contribution in [2.24, 2.45) is 0 Å². The average Bonchev–Trinajstić information content (AvgIpc) is 3.03. The molecule has 0 aliphatic carbocycles. The molecule has 0 aliphatic heterocycles. The summed E-state index contributed by atoms with van der Waals surface area (Å²) in [7, 11) is 0. The summed E-state index contributed by atoms with van der Waals surface area (Å²) in [5.74, 6) is 1.77. The van der Waals surface area contributed by atoms with Gasteiger partial charge >= 0.3 is 0 Å². The quantitative estimate of drug-likeness (QED) is 0.0815. The fourth-order valence-corrected chi connectivity index (χ4v) is 5.25. The minimum Gasteiger partial charge on any atom is -0.493 e. The van der Waals surface area contributed by atoms with E-state index in [1.165, 1.54) is 38.2 Å². The Bertz CT molecular complexity index is 1460. The number of unbranched alkanes of at least 4 members (excludes halogenated alkanes) is 2. The van der Waals surface area contributed by atoms with Crippen molar-refractivity contribution in [3.63, 3.8) is 0 Å². The largest absolute Gasteiger partial charge is 0.493 e. The van der Waals surface area contributed by atoms with Crippen LogP contribution in [-0.4, -0.2) is 31.5 Å². The highest BCUT2D eigenvalue weighted by molar-refractivity contribution is 6.02. The fraction of sp³-hybridized carbons (Fsp3) is 0.297. The molecule has 0 spiro atoms. The summed E-state index contributed by atoms with van der Waals surface area (Å²) >= 11 is 0. The molecule has 0 unspecified atom stereocenters. The summed E-state index contributed by atoms with van der Waals surface area (Å²) in [4.78, 5) is 0. The first kappa shape index (κ1) is 29.6. The van der Waals surface area contributed by atoms with Gasteiger partial charge in [0.15, 0.2) is 0 Å². The van der Waals surface area contributed by atoms with Crippen LogP contribution in [0.5, 0.6) is 11.5 Å². The van der Waals surface area contributed by atoms with Gasteiger partial charge in [-0.25, -0.2) is 0 Å². The van der Waals surface area contributed by atoms with Gasteiger partial charge in [-0.15, -0.1) is 0 Å². The van der Waals surface area contributed by atoms with Crippen LogP contribution < -0.4 is 20.1 Å². The van der Waals surface area contributed by atoms with Crippen molar-refractivity contribution < 1.29 is 14.6 Å². The zero-order valence-corrected chi connectivity index (χ0v) is 24.4. The second-order valence-electron chi connectivity index (χ2n) is 10.7. The van der Waals surface area contributed by atoms with E-state index in [0.29, 0.717) is 13.2 Å². The van der Waals surface area contributed by atoms with E-state index >= 15 is 0 Å². The molecule has 0 radical (unpaired) electrons. The summed E-state index contributed by atoms with van der Waals surface area (Å²) in [5, 5.41) is 21.1. The van der Waals surface area contributed by atoms with Crippen LogP contribution in [0.1, 0.15) is 42.4 Å². The van der Waals surface area contributed by atoms with Crippen LogP contribution in [0, 0.1) is 0 Å². The van der Waals surface area contributed by atoms with Gasteiger partial charge in [-0.2, -0.15) is 0 Å². The van der Waals surface area contributed by atoms with Crippen LogP contribution in [0.25, 0.3) is 21.5 Å². The van der Waals surface area contributed by atoms with Crippen molar-refractivity contribution in [2.45, 2.75) is 45.3 Å². The Morgan fingerprint density at radius 3 is 1.64 bits per heavy atom. The van der Waals surface area contributed by atoms with E-state index in [0.717, 1.165) is 63.4 Å². The molecule has 0 heterocycles. The van der Waals surface area contributed by atoms with Gasteiger partial charge in [-0.1, -0.05) is 72.8 Å². The standard InChI is InChI=1S/C37H42N2O3/c40-22-7-1-6-21-38-26-29-13-17-33(18-14-29)41-23-8-24-42-34-19-15-30(16-20-34)27-39-28-37-35-11-4-2-9-31(35)25-32-10-3-5-12-36(32)37/h2-5,9-20,25,38-40H,1,6-8,21-24,26-28H2. The smallest absolute Gasteiger partial charge is 0.119 e. The minimum absolute atomic E-state index is 0.283. The van der Waals surface area contributed by atoms with Crippen LogP contribution in [-0.2, 0) is 19.6 Å². The zero-order chi connectivity index (χ0) is 28.8. The van der Waals surface area contributed by atoms with Crippen molar-refractivity contribution in [2.75, 3.05) is 26.4 Å². The van der Waals surface area contributed by atoms with Gasteiger partial charge in [0.1, 0.15) is 11.5 Å². The van der Waals surface area contributed by atoms with Crippen molar-refractivity contribution in [1.29, 1.82) is 0 Å². The Kier molecular flexibility index (Phi) is 11.2. The maximum atomic E-state index is 8.83. The summed E-state index contributed by atoms with van der Waals surface area (Å²) in [6, 6.07) is 36.2. The Morgan fingerprint density at radius 2 is 1.07 bits per heavy atom. The molecule has 5 aromatic carbocycles. The Balaban J connectivity index is 1.00. The molecule has 5 rings (SSSR count). The average molecular weight is 563 g/mol. The molecule has 0 saturated heterocycles. The Morgan fingerprint density at radius 1 is 0.524 bits per heavy atom. The van der Waals surface area contributed by atoms with Crippen LogP contribution in [0.15, 0.2) is 103 Å². The molecule has 218 valence electrons. The van der Waals surface area contributed by atoms with Gasteiger partial charge in [-0.3, -0.25) is 0 Å². The highest BCUT2D eigenvalue weighted by atomic mass is 16.5. The van der Waals surface area contributed by atoms with E-state index in [1.54, 1.807) is 0 Å². The number of aliphatic hydroxyl groups excluding tert-OH is 1. The van der Waals surface area contributed by atoms with E-state index in [-0.39, 0.29) is 6.61 Å². The first-order valence-corrected chi connectivity index (χ1v) is 15.2. The Hall–Kier alpha value is -3.90. The van der Waals surface area contributed by atoms with Crippen molar-refractivity contribution >= 4 is 21.5 Å². The molecular formula is C37H42N2O3. The fourth-order valence-electron chi connectivity index (χ4n) is 5.25. The lowest BCUT2D eigenvalue weighted by molar-refractivity contribution is 0.247. The summed E-state index contributed by atoms with van der Waals surface area (Å²) < 4.78 is 11.8. The number of nitrogens with one attached hydrogen (secondary N) is 2. The van der Waals surface area contributed by atoms with Gasteiger partial charge in [0.25, 0.3) is 0 Å². The molecule has 0 fully saturated rings. The molecule has 5 heteroatoms. The van der Waals surface area contributed by atoms with E-state index in [2.05, 4.69) is 89.5 Å². The molecule has 0 aliphatic rings. The maximum absolute atomic E-state index is 8.83. The van der Waals surface area contributed by atoms with Gasteiger partial charge in [0.05, 0.1) is 13.2 Å². The van der Waals surface area contributed by atoms with Gasteiger partial charge in [0, 0.05) is 32.7 Å². The second-order valence-corrected chi connectivity index (χ2v) is 10.7. The first-order chi connectivity index (χ1) is 20.8. The van der Waals surface area contributed by atoms with Crippen molar-refractivity contribution in [1.82, 2.24) is 10.6 Å². The number of benzene rings is 5. The molecule has 0 amide bonds. The zero-order valence-electron chi connectivity index (χ0n) is 24.4. The van der Waals surface area contributed by atoms with Crippen LogP contribution in [0.4, 0.5) is 0 Å². The van der Waals surface area contributed by atoms with Crippen molar-refractivity contribution in [3.8, 4) is 11.5 Å². The molecule has 3 N–H and O–H groups in total. The van der Waals surface area contributed by atoms with E-state index in [1.807, 2.05) is 24.3 Å². The SMILES string of the molecule is OCCCCCNCc1ccc(OCCCOc2ccc(CNCc3c4ccccc4cc4ccccc34)cc2)cc1. The number of hydrogen-bond acceptors (Lipinski definition) is 5. The normalized spacial score (nSPS) is 11.3. The number of aliphatic hydroxyl groups is 1. The van der Waals surface area contributed by atoms with Gasteiger partial charge in [-0.05, 0) is 94.4 Å². The van der Waals surface area contributed by atoms with E-state index in [4.69, 9.17) is 14.6 Å². The van der Waals surface area contributed by atoms with E-state index in [9.17, 15) is 0 Å². The third-order valence-electron chi connectivity index (χ3n) is 7.53. The molecule has 0 aromatic heterocycles.